The van der Waals surface area contributed by atoms with Gasteiger partial charge in [0.2, 0.25) is 5.91 Å². The van der Waals surface area contributed by atoms with Gasteiger partial charge < -0.3 is 15.7 Å². The summed E-state index contributed by atoms with van der Waals surface area (Å²) in [5.74, 6) is 0.204. The van der Waals surface area contributed by atoms with Crippen molar-refractivity contribution in [2.75, 3.05) is 19.7 Å². The van der Waals surface area contributed by atoms with Crippen molar-refractivity contribution in [2.45, 2.75) is 51.0 Å². The van der Waals surface area contributed by atoms with Crippen molar-refractivity contribution in [1.29, 1.82) is 0 Å². The highest BCUT2D eigenvalue weighted by molar-refractivity contribution is 5.76. The average molecular weight is 228 g/mol. The normalized spacial score (nSPS) is 15.9. The van der Waals surface area contributed by atoms with Crippen molar-refractivity contribution in [3.63, 3.8) is 0 Å². The van der Waals surface area contributed by atoms with Crippen molar-refractivity contribution in [2.24, 2.45) is 5.73 Å². The number of rotatable bonds is 8. The summed E-state index contributed by atoms with van der Waals surface area (Å²) in [5, 5.41) is 8.95. The number of carbonyl (C=O) groups excluding carboxylic acids is 1. The van der Waals surface area contributed by atoms with Crippen LogP contribution in [0.3, 0.4) is 0 Å². The minimum atomic E-state index is 0.0744. The standard InChI is InChI=1S/C12H24N2O2/c13-8-3-1-2-7-12(16)14(9-10-15)11-5-4-6-11/h11,15H,1-10,13H2. The van der Waals surface area contributed by atoms with Crippen LogP contribution < -0.4 is 5.73 Å². The summed E-state index contributed by atoms with van der Waals surface area (Å²) >= 11 is 0. The van der Waals surface area contributed by atoms with Gasteiger partial charge in [0.05, 0.1) is 6.61 Å². The van der Waals surface area contributed by atoms with Crippen LogP contribution >= 0.6 is 0 Å². The first-order valence-electron chi connectivity index (χ1n) is 6.40. The number of aliphatic hydroxyl groups excluding tert-OH is 1. The van der Waals surface area contributed by atoms with E-state index in [0.29, 0.717) is 25.6 Å². The van der Waals surface area contributed by atoms with Crippen LogP contribution in [0.2, 0.25) is 0 Å². The van der Waals surface area contributed by atoms with Gasteiger partial charge in [-0.25, -0.2) is 0 Å². The molecule has 4 nitrogen and oxygen atoms in total. The maximum absolute atomic E-state index is 11.9. The predicted octanol–water partition coefficient (Wildman–Crippen LogP) is 0.879. The highest BCUT2D eigenvalue weighted by atomic mass is 16.3. The molecular formula is C12H24N2O2. The summed E-state index contributed by atoms with van der Waals surface area (Å²) in [4.78, 5) is 13.8. The summed E-state index contributed by atoms with van der Waals surface area (Å²) in [6, 6.07) is 0.397. The Labute approximate surface area is 97.8 Å². The number of hydrogen-bond acceptors (Lipinski definition) is 3. The van der Waals surface area contributed by atoms with Crippen molar-refractivity contribution < 1.29 is 9.90 Å². The van der Waals surface area contributed by atoms with Crippen LogP contribution in [0, 0.1) is 0 Å². The zero-order valence-electron chi connectivity index (χ0n) is 10.0. The first kappa shape index (κ1) is 13.5. The molecule has 0 unspecified atom stereocenters. The topological polar surface area (TPSA) is 66.6 Å². The Morgan fingerprint density at radius 3 is 2.56 bits per heavy atom. The van der Waals surface area contributed by atoms with Crippen molar-refractivity contribution in [1.82, 2.24) is 4.90 Å². The van der Waals surface area contributed by atoms with Gasteiger partial charge >= 0.3 is 0 Å². The first-order valence-corrected chi connectivity index (χ1v) is 6.40. The Morgan fingerprint density at radius 1 is 1.31 bits per heavy atom. The third kappa shape index (κ3) is 4.10. The highest BCUT2D eigenvalue weighted by Gasteiger charge is 2.27. The van der Waals surface area contributed by atoms with E-state index in [-0.39, 0.29) is 12.5 Å². The number of unbranched alkanes of at least 4 members (excludes halogenated alkanes) is 2. The Kier molecular flexibility index (Phi) is 6.42. The molecule has 0 aromatic carbocycles. The summed E-state index contributed by atoms with van der Waals surface area (Å²) in [6.07, 6.45) is 6.98. The molecule has 0 radical (unpaired) electrons. The van der Waals surface area contributed by atoms with E-state index < -0.39 is 0 Å². The predicted molar refractivity (Wildman–Crippen MR) is 64.0 cm³/mol. The van der Waals surface area contributed by atoms with Crippen molar-refractivity contribution >= 4 is 5.91 Å². The van der Waals surface area contributed by atoms with Crippen LogP contribution in [-0.2, 0) is 4.79 Å². The lowest BCUT2D eigenvalue weighted by Crippen LogP contribution is -2.45. The van der Waals surface area contributed by atoms with Gasteiger partial charge in [0.15, 0.2) is 0 Å². The molecule has 0 aromatic rings. The molecule has 1 amide bonds. The van der Waals surface area contributed by atoms with E-state index in [1.165, 1.54) is 6.42 Å². The lowest BCUT2D eigenvalue weighted by molar-refractivity contribution is -0.136. The molecule has 16 heavy (non-hydrogen) atoms. The third-order valence-corrected chi connectivity index (χ3v) is 3.27. The number of carbonyl (C=O) groups is 1. The first-order chi connectivity index (χ1) is 7.79. The highest BCUT2D eigenvalue weighted by Crippen LogP contribution is 2.25. The SMILES string of the molecule is NCCCCCC(=O)N(CCO)C1CCC1. The number of nitrogens with two attached hydrogens (primary N) is 1. The maximum atomic E-state index is 11.9. The van der Waals surface area contributed by atoms with E-state index in [1.54, 1.807) is 0 Å². The molecule has 1 aliphatic rings. The van der Waals surface area contributed by atoms with Gasteiger partial charge in [-0.15, -0.1) is 0 Å². The Bertz CT molecular complexity index is 205. The largest absolute Gasteiger partial charge is 0.395 e. The van der Waals surface area contributed by atoms with Gasteiger partial charge in [-0.1, -0.05) is 6.42 Å². The van der Waals surface area contributed by atoms with Crippen LogP contribution in [0.5, 0.6) is 0 Å². The van der Waals surface area contributed by atoms with E-state index in [9.17, 15) is 4.79 Å². The number of nitrogens with zero attached hydrogens (tertiary/aromatic N) is 1. The van der Waals surface area contributed by atoms with Gasteiger partial charge in [-0.05, 0) is 38.6 Å². The average Bonchev–Trinajstić information content (AvgIpc) is 2.21. The van der Waals surface area contributed by atoms with E-state index in [0.717, 1.165) is 32.1 Å². The fraction of sp³-hybridized carbons (Fsp3) is 0.917. The maximum Gasteiger partial charge on any atom is 0.222 e. The molecule has 4 heteroatoms. The van der Waals surface area contributed by atoms with Gasteiger partial charge in [-0.2, -0.15) is 0 Å². The molecule has 1 rings (SSSR count). The number of amides is 1. The monoisotopic (exact) mass is 228 g/mol. The van der Waals surface area contributed by atoms with Gasteiger partial charge in [-0.3, -0.25) is 4.79 Å². The lowest BCUT2D eigenvalue weighted by atomic mass is 9.91. The Morgan fingerprint density at radius 2 is 2.06 bits per heavy atom. The van der Waals surface area contributed by atoms with Crippen LogP contribution in [0.25, 0.3) is 0 Å². The Hall–Kier alpha value is -0.610. The molecule has 1 fully saturated rings. The molecule has 1 saturated carbocycles. The minimum Gasteiger partial charge on any atom is -0.395 e. The molecule has 0 bridgehead atoms. The van der Waals surface area contributed by atoms with Crippen molar-refractivity contribution in [3.8, 4) is 0 Å². The second kappa shape index (κ2) is 7.63. The molecule has 0 aromatic heterocycles. The van der Waals surface area contributed by atoms with Crippen molar-refractivity contribution in [3.05, 3.63) is 0 Å². The number of aliphatic hydroxyl groups is 1. The fourth-order valence-corrected chi connectivity index (χ4v) is 2.06. The summed E-state index contributed by atoms with van der Waals surface area (Å²) in [5.41, 5.74) is 5.40. The molecule has 3 N–H and O–H groups in total. The van der Waals surface area contributed by atoms with Crippen LogP contribution in [-0.4, -0.2) is 41.7 Å². The molecular weight excluding hydrogens is 204 g/mol. The van der Waals surface area contributed by atoms with Crippen LogP contribution in [0.15, 0.2) is 0 Å². The smallest absolute Gasteiger partial charge is 0.222 e. The van der Waals surface area contributed by atoms with E-state index >= 15 is 0 Å². The second-order valence-electron chi connectivity index (χ2n) is 4.49. The molecule has 0 aliphatic heterocycles. The second-order valence-corrected chi connectivity index (χ2v) is 4.49. The van der Waals surface area contributed by atoms with Gasteiger partial charge in [0, 0.05) is 19.0 Å². The molecule has 94 valence electrons. The summed E-state index contributed by atoms with van der Waals surface area (Å²) < 4.78 is 0. The van der Waals surface area contributed by atoms with Crippen LogP contribution in [0.4, 0.5) is 0 Å². The number of hydrogen-bond donors (Lipinski definition) is 2. The molecule has 0 saturated heterocycles. The summed E-state index contributed by atoms with van der Waals surface area (Å²) in [6.45, 7) is 1.28. The summed E-state index contributed by atoms with van der Waals surface area (Å²) in [7, 11) is 0. The zero-order chi connectivity index (χ0) is 11.8. The minimum absolute atomic E-state index is 0.0744. The van der Waals surface area contributed by atoms with Gasteiger partial charge in [0.1, 0.15) is 0 Å². The van der Waals surface area contributed by atoms with E-state index in [2.05, 4.69) is 0 Å². The van der Waals surface area contributed by atoms with E-state index in [1.807, 2.05) is 4.90 Å². The molecule has 0 heterocycles. The third-order valence-electron chi connectivity index (χ3n) is 3.27. The zero-order valence-corrected chi connectivity index (χ0v) is 10.0. The van der Waals surface area contributed by atoms with Crippen LogP contribution in [0.1, 0.15) is 44.9 Å². The van der Waals surface area contributed by atoms with Gasteiger partial charge in [0.25, 0.3) is 0 Å². The lowest BCUT2D eigenvalue weighted by Gasteiger charge is -2.37. The fourth-order valence-electron chi connectivity index (χ4n) is 2.06. The quantitative estimate of drug-likeness (QED) is 0.606. The van der Waals surface area contributed by atoms with E-state index in [4.69, 9.17) is 10.8 Å². The Balaban J connectivity index is 2.23. The molecule has 1 aliphatic carbocycles. The molecule has 0 spiro atoms. The molecule has 0 atom stereocenters.